The van der Waals surface area contributed by atoms with E-state index in [1.807, 2.05) is 0 Å². The molecular weight excluding hydrogens is 452 g/mol. The SMILES string of the molecule is CCCCCC[N+](C)(C)CCCNC(=O)CCCC1CCC2C3CCC4CCCCC4(C)C3CCC12C. The van der Waals surface area contributed by atoms with Gasteiger partial charge in [-0.05, 0) is 117 Å². The highest BCUT2D eigenvalue weighted by atomic mass is 16.1. The molecule has 0 radical (unpaired) electrons. The first-order chi connectivity index (χ1) is 17.7. The van der Waals surface area contributed by atoms with Crippen molar-refractivity contribution < 1.29 is 9.28 Å². The van der Waals surface area contributed by atoms with Gasteiger partial charge in [-0.3, -0.25) is 4.79 Å². The lowest BCUT2D eigenvalue weighted by molar-refractivity contribution is -0.890. The molecule has 7 unspecified atom stereocenters. The molecule has 4 saturated carbocycles. The molecule has 0 bridgehead atoms. The summed E-state index contributed by atoms with van der Waals surface area (Å²) in [6, 6.07) is 0. The summed E-state index contributed by atoms with van der Waals surface area (Å²) in [5, 5.41) is 3.24. The summed E-state index contributed by atoms with van der Waals surface area (Å²) < 4.78 is 1.09. The maximum atomic E-state index is 12.6. The molecule has 0 aromatic rings. The third kappa shape index (κ3) is 6.78. The van der Waals surface area contributed by atoms with Crippen molar-refractivity contribution in [2.45, 2.75) is 136 Å². The standard InChI is InChI=1S/C34H62N2O/c1-6-7-8-11-25-36(4,5)26-13-24-35-32(37)16-12-15-28-18-20-30-29-19-17-27-14-9-10-22-33(27,2)31(29)21-23-34(28,30)3/h27-31H,6-26H2,1-5H3/p+1. The van der Waals surface area contributed by atoms with Gasteiger partial charge in [0, 0.05) is 19.4 Å². The number of fused-ring (bicyclic) bond motifs is 5. The predicted molar refractivity (Wildman–Crippen MR) is 157 cm³/mol. The van der Waals surface area contributed by atoms with Crippen LogP contribution in [0.4, 0.5) is 0 Å². The molecule has 4 fully saturated rings. The van der Waals surface area contributed by atoms with Crippen molar-refractivity contribution in [3.8, 4) is 0 Å². The van der Waals surface area contributed by atoms with E-state index in [1.54, 1.807) is 0 Å². The maximum Gasteiger partial charge on any atom is 0.219 e. The van der Waals surface area contributed by atoms with Gasteiger partial charge in [-0.25, -0.2) is 0 Å². The third-order valence-electron chi connectivity index (χ3n) is 12.6. The smallest absolute Gasteiger partial charge is 0.219 e. The van der Waals surface area contributed by atoms with Crippen LogP contribution in [0.1, 0.15) is 136 Å². The lowest BCUT2D eigenvalue weighted by atomic mass is 9.45. The number of nitrogens with zero attached hydrogens (tertiary/aromatic N) is 1. The van der Waals surface area contributed by atoms with E-state index in [4.69, 9.17) is 0 Å². The molecule has 4 aliphatic carbocycles. The van der Waals surface area contributed by atoms with Crippen molar-refractivity contribution in [3.63, 3.8) is 0 Å². The van der Waals surface area contributed by atoms with Crippen LogP contribution in [0.15, 0.2) is 0 Å². The van der Waals surface area contributed by atoms with Crippen molar-refractivity contribution in [1.29, 1.82) is 0 Å². The fraction of sp³-hybridized carbons (Fsp3) is 0.971. The number of rotatable bonds is 13. The normalized spacial score (nSPS) is 37.5. The van der Waals surface area contributed by atoms with Crippen LogP contribution in [0.2, 0.25) is 0 Å². The van der Waals surface area contributed by atoms with Gasteiger partial charge in [0.1, 0.15) is 0 Å². The first-order valence-electron chi connectivity index (χ1n) is 16.8. The van der Waals surface area contributed by atoms with Crippen molar-refractivity contribution in [2.24, 2.45) is 40.4 Å². The number of nitrogens with one attached hydrogen (secondary N) is 1. The van der Waals surface area contributed by atoms with Crippen molar-refractivity contribution >= 4 is 5.91 Å². The Morgan fingerprint density at radius 1 is 0.811 bits per heavy atom. The molecule has 0 spiro atoms. The summed E-state index contributed by atoms with van der Waals surface area (Å²) in [4.78, 5) is 12.6. The van der Waals surface area contributed by atoms with Crippen LogP contribution in [-0.2, 0) is 4.79 Å². The largest absolute Gasteiger partial charge is 0.356 e. The zero-order chi connectivity index (χ0) is 26.5. The van der Waals surface area contributed by atoms with Gasteiger partial charge in [0.25, 0.3) is 0 Å². The molecule has 4 aliphatic rings. The van der Waals surface area contributed by atoms with Gasteiger partial charge in [-0.2, -0.15) is 0 Å². The molecule has 214 valence electrons. The molecule has 0 heterocycles. The van der Waals surface area contributed by atoms with E-state index in [0.29, 0.717) is 16.7 Å². The number of unbranched alkanes of at least 4 members (excludes halogenated alkanes) is 3. The molecule has 0 aliphatic heterocycles. The van der Waals surface area contributed by atoms with Gasteiger partial charge in [-0.1, -0.05) is 46.5 Å². The van der Waals surface area contributed by atoms with Crippen LogP contribution in [0, 0.1) is 40.4 Å². The van der Waals surface area contributed by atoms with Crippen molar-refractivity contribution in [2.75, 3.05) is 33.7 Å². The third-order valence-corrected chi connectivity index (χ3v) is 12.6. The highest BCUT2D eigenvalue weighted by molar-refractivity contribution is 5.75. The van der Waals surface area contributed by atoms with Crippen LogP contribution in [0.3, 0.4) is 0 Å². The van der Waals surface area contributed by atoms with Crippen LogP contribution in [-0.4, -0.2) is 44.1 Å². The molecule has 0 aromatic heterocycles. The number of carbonyl (C=O) groups is 1. The van der Waals surface area contributed by atoms with E-state index in [0.717, 1.165) is 66.4 Å². The van der Waals surface area contributed by atoms with Gasteiger partial charge >= 0.3 is 0 Å². The number of carbonyl (C=O) groups excluding carboxylic acids is 1. The Balaban J connectivity index is 1.16. The number of hydrogen-bond acceptors (Lipinski definition) is 1. The van der Waals surface area contributed by atoms with E-state index in [9.17, 15) is 4.79 Å². The Morgan fingerprint density at radius 2 is 1.59 bits per heavy atom. The minimum absolute atomic E-state index is 0.292. The highest BCUT2D eigenvalue weighted by Gasteiger charge is 2.59. The van der Waals surface area contributed by atoms with Gasteiger partial charge in [0.05, 0.1) is 27.2 Å². The maximum absolute atomic E-state index is 12.6. The summed E-state index contributed by atoms with van der Waals surface area (Å²) >= 11 is 0. The molecule has 7 atom stereocenters. The minimum Gasteiger partial charge on any atom is -0.356 e. The van der Waals surface area contributed by atoms with E-state index < -0.39 is 0 Å². The first kappa shape index (κ1) is 29.4. The summed E-state index contributed by atoms with van der Waals surface area (Å²) in [6.07, 6.45) is 24.4. The van der Waals surface area contributed by atoms with E-state index in [2.05, 4.69) is 40.2 Å². The zero-order valence-corrected chi connectivity index (χ0v) is 25.6. The first-order valence-corrected chi connectivity index (χ1v) is 16.8. The van der Waals surface area contributed by atoms with E-state index in [-0.39, 0.29) is 0 Å². The monoisotopic (exact) mass is 515 g/mol. The zero-order valence-electron chi connectivity index (χ0n) is 25.6. The number of amides is 1. The Bertz CT molecular complexity index is 733. The minimum atomic E-state index is 0.292. The molecule has 3 heteroatoms. The van der Waals surface area contributed by atoms with Crippen LogP contribution in [0.5, 0.6) is 0 Å². The molecule has 3 nitrogen and oxygen atoms in total. The second-order valence-electron chi connectivity index (χ2n) is 15.3. The molecule has 0 saturated heterocycles. The molecule has 0 aromatic carbocycles. The summed E-state index contributed by atoms with van der Waals surface area (Å²) in [5.41, 5.74) is 1.21. The lowest BCUT2D eigenvalue weighted by Crippen LogP contribution is -2.52. The summed E-state index contributed by atoms with van der Waals surface area (Å²) in [6.45, 7) is 10.9. The topological polar surface area (TPSA) is 29.1 Å². The second kappa shape index (κ2) is 12.7. The Labute approximate surface area is 230 Å². The molecule has 1 N–H and O–H groups in total. The van der Waals surface area contributed by atoms with Crippen LogP contribution in [0.25, 0.3) is 0 Å². The molecule has 4 rings (SSSR count). The van der Waals surface area contributed by atoms with E-state index in [1.165, 1.54) is 103 Å². The summed E-state index contributed by atoms with van der Waals surface area (Å²) in [7, 11) is 4.69. The van der Waals surface area contributed by atoms with Crippen molar-refractivity contribution in [3.05, 3.63) is 0 Å². The summed E-state index contributed by atoms with van der Waals surface area (Å²) in [5.74, 6) is 5.15. The molecule has 1 amide bonds. The Morgan fingerprint density at radius 3 is 2.41 bits per heavy atom. The van der Waals surface area contributed by atoms with Crippen molar-refractivity contribution in [1.82, 2.24) is 5.32 Å². The average Bonchev–Trinajstić information content (AvgIpc) is 3.20. The lowest BCUT2D eigenvalue weighted by Gasteiger charge is -2.60. The quantitative estimate of drug-likeness (QED) is 0.194. The molecular formula is C34H63N2O+. The van der Waals surface area contributed by atoms with Gasteiger partial charge < -0.3 is 9.80 Å². The Kier molecular flexibility index (Phi) is 10.1. The second-order valence-corrected chi connectivity index (χ2v) is 15.3. The Hall–Kier alpha value is -0.570. The van der Waals surface area contributed by atoms with Crippen LogP contribution >= 0.6 is 0 Å². The van der Waals surface area contributed by atoms with Gasteiger partial charge in [-0.15, -0.1) is 0 Å². The molecule has 37 heavy (non-hydrogen) atoms. The highest BCUT2D eigenvalue weighted by Crippen LogP contribution is 2.67. The number of quaternary nitrogens is 1. The van der Waals surface area contributed by atoms with E-state index >= 15 is 0 Å². The predicted octanol–water partition coefficient (Wildman–Crippen LogP) is 8.37. The average molecular weight is 516 g/mol. The number of hydrogen-bond donors (Lipinski definition) is 1. The fourth-order valence-corrected chi connectivity index (χ4v) is 10.3. The fourth-order valence-electron chi connectivity index (χ4n) is 10.3. The van der Waals surface area contributed by atoms with Gasteiger partial charge in [0.2, 0.25) is 5.91 Å². The van der Waals surface area contributed by atoms with Gasteiger partial charge in [0.15, 0.2) is 0 Å². The van der Waals surface area contributed by atoms with Crippen LogP contribution < -0.4 is 5.32 Å².